The van der Waals surface area contributed by atoms with Crippen LogP contribution in [-0.2, 0) is 0 Å². The zero-order chi connectivity index (χ0) is 10.5. The Balaban J connectivity index is 2.22. The number of hydrogen-bond acceptors (Lipinski definition) is 0. The molecule has 0 fully saturated rings. The first-order valence-corrected chi connectivity index (χ1v) is 4.93. The number of rotatable bonds is 0. The van der Waals surface area contributed by atoms with E-state index in [2.05, 4.69) is 17.8 Å². The van der Waals surface area contributed by atoms with E-state index in [0.717, 1.165) is 11.3 Å². The Morgan fingerprint density at radius 3 is 2.20 bits per heavy atom. The van der Waals surface area contributed by atoms with E-state index >= 15 is 0 Å². The third-order valence-electron chi connectivity index (χ3n) is 2.12. The van der Waals surface area contributed by atoms with Crippen LogP contribution < -0.4 is 0 Å². The minimum Gasteiger partial charge on any atom is -0.0622 e. The maximum atomic E-state index is 4.27. The molecule has 0 heterocycles. The van der Waals surface area contributed by atoms with Crippen LogP contribution in [0, 0.1) is 13.0 Å². The van der Waals surface area contributed by atoms with Gasteiger partial charge < -0.3 is 0 Å². The van der Waals surface area contributed by atoms with Gasteiger partial charge in [0, 0.05) is 12.1 Å². The van der Waals surface area contributed by atoms with Gasteiger partial charge in [-0.25, -0.2) is 0 Å². The third kappa shape index (κ3) is 2.69. The molecule has 0 saturated heterocycles. The van der Waals surface area contributed by atoms with Crippen LogP contribution >= 0.6 is 0 Å². The Hall–Kier alpha value is -2.07. The highest BCUT2D eigenvalue weighted by Gasteiger charge is 1.99. The molecule has 0 aliphatic heterocycles. The van der Waals surface area contributed by atoms with Gasteiger partial charge in [0.1, 0.15) is 5.56 Å². The minimum atomic E-state index is 0.935. The highest BCUT2D eigenvalue weighted by atomic mass is 14.6. The number of nitrogens with zero attached hydrogens (tertiary/aromatic N) is 1. The molecule has 0 spiro atoms. The van der Waals surface area contributed by atoms with Crippen LogP contribution in [-0.4, -0.2) is 0 Å². The van der Waals surface area contributed by atoms with Crippen LogP contribution in [0.1, 0.15) is 11.1 Å². The molecule has 0 saturated carbocycles. The van der Waals surface area contributed by atoms with Crippen molar-refractivity contribution in [3.8, 4) is 6.07 Å². The molecule has 0 amide bonds. The summed E-state index contributed by atoms with van der Waals surface area (Å²) in [6.07, 6.45) is 0. The van der Waals surface area contributed by atoms with E-state index in [1.165, 1.54) is 5.56 Å². The highest BCUT2D eigenvalue weighted by Crippen LogP contribution is 2.12. The zero-order valence-corrected chi connectivity index (χ0v) is 8.64. The molecule has 0 aromatic heterocycles. The highest BCUT2D eigenvalue weighted by molar-refractivity contribution is 5.49. The SMILES string of the molecule is Cc1ccc([N+]#Cc2ccccc2)cc1. The van der Waals surface area contributed by atoms with Crippen molar-refractivity contribution in [2.45, 2.75) is 6.92 Å². The third-order valence-corrected chi connectivity index (χ3v) is 2.12. The molecular formula is C14H12N+. The second-order valence-electron chi connectivity index (χ2n) is 3.43. The predicted molar refractivity (Wildman–Crippen MR) is 63.6 cm³/mol. The normalized spacial score (nSPS) is 9.13. The maximum absolute atomic E-state index is 4.27. The van der Waals surface area contributed by atoms with Crippen LogP contribution in [0.3, 0.4) is 0 Å². The van der Waals surface area contributed by atoms with Crippen molar-refractivity contribution in [3.05, 3.63) is 70.6 Å². The van der Waals surface area contributed by atoms with E-state index in [0.29, 0.717) is 0 Å². The van der Waals surface area contributed by atoms with Crippen molar-refractivity contribution in [2.75, 3.05) is 0 Å². The quantitative estimate of drug-likeness (QED) is 0.597. The monoisotopic (exact) mass is 194 g/mol. The number of aryl methyl sites for hydroxylation is 1. The molecule has 1 heteroatoms. The van der Waals surface area contributed by atoms with Gasteiger partial charge in [-0.2, -0.15) is 0 Å². The van der Waals surface area contributed by atoms with E-state index in [-0.39, 0.29) is 0 Å². The Morgan fingerprint density at radius 2 is 1.53 bits per heavy atom. The lowest BCUT2D eigenvalue weighted by Gasteiger charge is -1.83. The summed E-state index contributed by atoms with van der Waals surface area (Å²) in [4.78, 5) is 4.27. The molecule has 2 aromatic rings. The molecule has 72 valence electrons. The van der Waals surface area contributed by atoms with Crippen LogP contribution in [0.25, 0.3) is 4.85 Å². The number of benzene rings is 2. The fourth-order valence-electron chi connectivity index (χ4n) is 1.26. The zero-order valence-electron chi connectivity index (χ0n) is 8.64. The average molecular weight is 194 g/mol. The summed E-state index contributed by atoms with van der Waals surface area (Å²) in [5.74, 6) is 0. The lowest BCUT2D eigenvalue weighted by molar-refractivity contribution is 1.48. The van der Waals surface area contributed by atoms with Crippen molar-refractivity contribution in [1.82, 2.24) is 0 Å². The summed E-state index contributed by atoms with van der Waals surface area (Å²) in [6, 6.07) is 21.0. The van der Waals surface area contributed by atoms with Crippen molar-refractivity contribution in [1.29, 1.82) is 0 Å². The van der Waals surface area contributed by atoms with Gasteiger partial charge in [0.2, 0.25) is 0 Å². The van der Waals surface area contributed by atoms with E-state index < -0.39 is 0 Å². The van der Waals surface area contributed by atoms with Crippen LogP contribution in [0.5, 0.6) is 0 Å². The molecule has 0 aliphatic rings. The van der Waals surface area contributed by atoms with Gasteiger partial charge in [-0.1, -0.05) is 35.9 Å². The second kappa shape index (κ2) is 4.43. The molecule has 0 aliphatic carbocycles. The second-order valence-corrected chi connectivity index (χ2v) is 3.43. The lowest BCUT2D eigenvalue weighted by Crippen LogP contribution is -1.69. The topological polar surface area (TPSA) is 4.36 Å². The van der Waals surface area contributed by atoms with Crippen molar-refractivity contribution in [2.24, 2.45) is 0 Å². The van der Waals surface area contributed by atoms with Crippen molar-refractivity contribution >= 4 is 5.69 Å². The summed E-state index contributed by atoms with van der Waals surface area (Å²) in [7, 11) is 0. The first kappa shape index (κ1) is 9.48. The molecule has 0 bridgehead atoms. The molecule has 0 N–H and O–H groups in total. The minimum absolute atomic E-state index is 0.935. The lowest BCUT2D eigenvalue weighted by atomic mass is 10.2. The molecule has 15 heavy (non-hydrogen) atoms. The first-order chi connectivity index (χ1) is 7.34. The van der Waals surface area contributed by atoms with Gasteiger partial charge in [-0.05, 0) is 23.9 Å². The Kier molecular flexibility index (Phi) is 2.80. The molecule has 2 rings (SSSR count). The summed E-state index contributed by atoms with van der Waals surface area (Å²) in [5, 5.41) is 0. The van der Waals surface area contributed by atoms with Gasteiger partial charge in [-0.3, -0.25) is 0 Å². The molecule has 2 aromatic carbocycles. The van der Waals surface area contributed by atoms with Gasteiger partial charge in [-0.15, -0.1) is 0 Å². The Bertz CT molecular complexity index is 486. The summed E-state index contributed by atoms with van der Waals surface area (Å²) in [5.41, 5.74) is 3.18. The average Bonchev–Trinajstić information content (AvgIpc) is 2.30. The molecule has 0 atom stereocenters. The van der Waals surface area contributed by atoms with E-state index in [9.17, 15) is 0 Å². The molecular weight excluding hydrogens is 182 g/mol. The summed E-state index contributed by atoms with van der Waals surface area (Å²) >= 11 is 0. The Morgan fingerprint density at radius 1 is 0.867 bits per heavy atom. The van der Waals surface area contributed by atoms with Crippen LogP contribution in [0.15, 0.2) is 54.6 Å². The van der Waals surface area contributed by atoms with Gasteiger partial charge in [0.05, 0.1) is 0 Å². The molecule has 1 nitrogen and oxygen atoms in total. The smallest absolute Gasteiger partial charge is 0.0622 e. The Labute approximate surface area is 89.8 Å². The summed E-state index contributed by atoms with van der Waals surface area (Å²) < 4.78 is 0. The number of hydrogen-bond donors (Lipinski definition) is 0. The van der Waals surface area contributed by atoms with Crippen molar-refractivity contribution < 1.29 is 0 Å². The van der Waals surface area contributed by atoms with Gasteiger partial charge in [0.15, 0.2) is 0 Å². The molecule has 0 unspecified atom stereocenters. The van der Waals surface area contributed by atoms with Gasteiger partial charge >= 0.3 is 11.8 Å². The fraction of sp³-hybridized carbons (Fsp3) is 0.0714. The van der Waals surface area contributed by atoms with E-state index in [1.807, 2.05) is 54.6 Å². The fourth-order valence-corrected chi connectivity index (χ4v) is 1.26. The van der Waals surface area contributed by atoms with Crippen LogP contribution in [0.2, 0.25) is 0 Å². The van der Waals surface area contributed by atoms with Crippen molar-refractivity contribution in [3.63, 3.8) is 0 Å². The molecule has 0 radical (unpaired) electrons. The van der Waals surface area contributed by atoms with Gasteiger partial charge in [0.25, 0.3) is 0 Å². The van der Waals surface area contributed by atoms with E-state index in [4.69, 9.17) is 0 Å². The summed E-state index contributed by atoms with van der Waals surface area (Å²) in [6.45, 7) is 2.06. The standard InChI is InChI=1S/C14H12N/c1-12-7-9-14(10-8-12)15-11-13-5-3-2-4-6-13/h2-10H,1H3/q+1. The first-order valence-electron chi connectivity index (χ1n) is 4.93. The largest absolute Gasteiger partial charge is 0.340 e. The predicted octanol–water partition coefficient (Wildman–Crippen LogP) is 4.01. The van der Waals surface area contributed by atoms with E-state index in [1.54, 1.807) is 0 Å². The maximum Gasteiger partial charge on any atom is 0.340 e. The van der Waals surface area contributed by atoms with Crippen LogP contribution in [0.4, 0.5) is 5.69 Å².